The fraction of sp³-hybridized carbons (Fsp3) is 0.647. The maximum Gasteiger partial charge on any atom is 0.0785 e. The Balaban J connectivity index is 2.11. The summed E-state index contributed by atoms with van der Waals surface area (Å²) >= 11 is 0. The molecule has 0 aliphatic heterocycles. The molecule has 0 radical (unpaired) electrons. The summed E-state index contributed by atoms with van der Waals surface area (Å²) in [5.74, 6) is 0.542. The van der Waals surface area contributed by atoms with Crippen molar-refractivity contribution in [3.8, 4) is 0 Å². The highest BCUT2D eigenvalue weighted by atomic mass is 16.5. The standard InChI is InChI=1S/C17H27NO2/c1-5-19-11-13(3)20-16-10-12(2)14-8-6-7-9-15(14)17(16)18-4/h6-9,12-13,16-18H,5,10-11H2,1-4H3. The Morgan fingerprint density at radius 2 is 2.00 bits per heavy atom. The number of likely N-dealkylation sites (N-methyl/N-ethyl adjacent to an activating group) is 1. The summed E-state index contributed by atoms with van der Waals surface area (Å²) in [5, 5.41) is 3.43. The van der Waals surface area contributed by atoms with Crippen LogP contribution in [0.4, 0.5) is 0 Å². The second kappa shape index (κ2) is 7.21. The first-order valence-electron chi connectivity index (χ1n) is 7.66. The molecule has 1 aliphatic rings. The van der Waals surface area contributed by atoms with Crippen LogP contribution in [0.1, 0.15) is 50.3 Å². The first-order chi connectivity index (χ1) is 9.67. The summed E-state index contributed by atoms with van der Waals surface area (Å²) in [6.45, 7) is 7.80. The molecule has 0 saturated heterocycles. The van der Waals surface area contributed by atoms with Crippen LogP contribution in [0.2, 0.25) is 0 Å². The van der Waals surface area contributed by atoms with Crippen LogP contribution in [-0.2, 0) is 9.47 Å². The second-order valence-electron chi connectivity index (χ2n) is 5.68. The lowest BCUT2D eigenvalue weighted by Gasteiger charge is -2.38. The summed E-state index contributed by atoms with van der Waals surface area (Å²) in [4.78, 5) is 0. The lowest BCUT2D eigenvalue weighted by molar-refractivity contribution is -0.0673. The fourth-order valence-corrected chi connectivity index (χ4v) is 3.15. The molecule has 0 aromatic heterocycles. The van der Waals surface area contributed by atoms with Crippen molar-refractivity contribution in [3.63, 3.8) is 0 Å². The highest BCUT2D eigenvalue weighted by molar-refractivity contribution is 5.36. The highest BCUT2D eigenvalue weighted by Gasteiger charge is 2.33. The molecule has 1 aromatic rings. The average molecular weight is 277 g/mol. The third-order valence-electron chi connectivity index (χ3n) is 4.09. The van der Waals surface area contributed by atoms with Gasteiger partial charge in [0.05, 0.1) is 24.9 Å². The van der Waals surface area contributed by atoms with E-state index in [-0.39, 0.29) is 18.2 Å². The molecule has 20 heavy (non-hydrogen) atoms. The number of hydrogen-bond acceptors (Lipinski definition) is 3. The van der Waals surface area contributed by atoms with Crippen LogP contribution in [-0.4, -0.2) is 32.5 Å². The topological polar surface area (TPSA) is 30.5 Å². The number of fused-ring (bicyclic) bond motifs is 1. The normalized spacial score (nSPS) is 27.1. The zero-order valence-electron chi connectivity index (χ0n) is 13.1. The summed E-state index contributed by atoms with van der Waals surface area (Å²) in [5.41, 5.74) is 2.83. The zero-order valence-corrected chi connectivity index (χ0v) is 13.1. The molecule has 1 aromatic carbocycles. The SMILES string of the molecule is CCOCC(C)OC1CC(C)c2ccccc2C1NC. The third kappa shape index (κ3) is 3.40. The van der Waals surface area contributed by atoms with Gasteiger partial charge in [-0.15, -0.1) is 0 Å². The number of benzene rings is 1. The van der Waals surface area contributed by atoms with Crippen LogP contribution >= 0.6 is 0 Å². The summed E-state index contributed by atoms with van der Waals surface area (Å²) < 4.78 is 11.7. The molecule has 1 N–H and O–H groups in total. The van der Waals surface area contributed by atoms with Crippen molar-refractivity contribution >= 4 is 0 Å². The van der Waals surface area contributed by atoms with Crippen LogP contribution in [0.15, 0.2) is 24.3 Å². The van der Waals surface area contributed by atoms with Gasteiger partial charge in [0.2, 0.25) is 0 Å². The van der Waals surface area contributed by atoms with E-state index in [4.69, 9.17) is 9.47 Å². The molecule has 0 saturated carbocycles. The van der Waals surface area contributed by atoms with Crippen molar-refractivity contribution in [1.82, 2.24) is 5.32 Å². The predicted molar refractivity (Wildman–Crippen MR) is 82.1 cm³/mol. The Labute approximate surface area is 122 Å². The third-order valence-corrected chi connectivity index (χ3v) is 4.09. The molecular weight excluding hydrogens is 250 g/mol. The Kier molecular flexibility index (Phi) is 5.58. The van der Waals surface area contributed by atoms with Crippen molar-refractivity contribution in [2.24, 2.45) is 0 Å². The molecule has 0 heterocycles. The maximum atomic E-state index is 6.24. The van der Waals surface area contributed by atoms with Crippen molar-refractivity contribution < 1.29 is 9.47 Å². The van der Waals surface area contributed by atoms with Gasteiger partial charge < -0.3 is 14.8 Å². The molecule has 2 rings (SSSR count). The number of rotatable bonds is 6. The molecule has 4 atom stereocenters. The van der Waals surface area contributed by atoms with Gasteiger partial charge in [-0.1, -0.05) is 31.2 Å². The smallest absolute Gasteiger partial charge is 0.0785 e. The maximum absolute atomic E-state index is 6.24. The quantitative estimate of drug-likeness (QED) is 0.865. The average Bonchev–Trinajstić information content (AvgIpc) is 2.45. The molecule has 3 heteroatoms. The molecule has 0 fully saturated rings. The van der Waals surface area contributed by atoms with Crippen LogP contribution in [0.25, 0.3) is 0 Å². The first-order valence-corrected chi connectivity index (χ1v) is 7.66. The van der Waals surface area contributed by atoms with E-state index in [0.29, 0.717) is 12.5 Å². The molecule has 0 amide bonds. The highest BCUT2D eigenvalue weighted by Crippen LogP contribution is 2.38. The van der Waals surface area contributed by atoms with Crippen molar-refractivity contribution in [2.75, 3.05) is 20.3 Å². The summed E-state index contributed by atoms with van der Waals surface area (Å²) in [7, 11) is 2.01. The van der Waals surface area contributed by atoms with E-state index >= 15 is 0 Å². The Bertz CT molecular complexity index is 421. The zero-order chi connectivity index (χ0) is 14.5. The Morgan fingerprint density at radius 3 is 2.65 bits per heavy atom. The summed E-state index contributed by atoms with van der Waals surface area (Å²) in [6.07, 6.45) is 1.40. The van der Waals surface area contributed by atoms with E-state index in [1.165, 1.54) is 11.1 Å². The molecule has 0 spiro atoms. The lowest BCUT2D eigenvalue weighted by Crippen LogP contribution is -2.39. The fourth-order valence-electron chi connectivity index (χ4n) is 3.15. The van der Waals surface area contributed by atoms with E-state index in [1.54, 1.807) is 0 Å². The largest absolute Gasteiger partial charge is 0.379 e. The van der Waals surface area contributed by atoms with Gasteiger partial charge in [0.25, 0.3) is 0 Å². The monoisotopic (exact) mass is 277 g/mol. The van der Waals surface area contributed by atoms with Gasteiger partial charge in [0.1, 0.15) is 0 Å². The van der Waals surface area contributed by atoms with Gasteiger partial charge >= 0.3 is 0 Å². The van der Waals surface area contributed by atoms with E-state index in [1.807, 2.05) is 14.0 Å². The van der Waals surface area contributed by atoms with Crippen molar-refractivity contribution in [3.05, 3.63) is 35.4 Å². The molecular formula is C17H27NO2. The molecule has 1 aliphatic carbocycles. The van der Waals surface area contributed by atoms with Gasteiger partial charge in [0.15, 0.2) is 0 Å². The predicted octanol–water partition coefficient (Wildman–Crippen LogP) is 3.26. The minimum atomic E-state index is 0.133. The number of hydrogen-bond donors (Lipinski definition) is 1. The summed E-state index contributed by atoms with van der Waals surface area (Å²) in [6, 6.07) is 8.97. The van der Waals surface area contributed by atoms with E-state index in [0.717, 1.165) is 13.0 Å². The van der Waals surface area contributed by atoms with Crippen LogP contribution in [0.3, 0.4) is 0 Å². The lowest BCUT2D eigenvalue weighted by atomic mass is 9.79. The minimum absolute atomic E-state index is 0.133. The second-order valence-corrected chi connectivity index (χ2v) is 5.68. The van der Waals surface area contributed by atoms with Crippen LogP contribution in [0.5, 0.6) is 0 Å². The van der Waals surface area contributed by atoms with Crippen LogP contribution < -0.4 is 5.32 Å². The van der Waals surface area contributed by atoms with Crippen LogP contribution in [0, 0.1) is 0 Å². The van der Waals surface area contributed by atoms with Crippen molar-refractivity contribution in [2.45, 2.75) is 51.4 Å². The van der Waals surface area contributed by atoms with E-state index < -0.39 is 0 Å². The number of ether oxygens (including phenoxy) is 2. The molecule has 4 unspecified atom stereocenters. The Morgan fingerprint density at radius 1 is 1.30 bits per heavy atom. The first kappa shape index (κ1) is 15.5. The molecule has 112 valence electrons. The van der Waals surface area contributed by atoms with Crippen molar-refractivity contribution in [1.29, 1.82) is 0 Å². The molecule has 0 bridgehead atoms. The van der Waals surface area contributed by atoms with Gasteiger partial charge in [-0.3, -0.25) is 0 Å². The van der Waals surface area contributed by atoms with Gasteiger partial charge in [-0.05, 0) is 44.4 Å². The van der Waals surface area contributed by atoms with Gasteiger partial charge in [-0.2, -0.15) is 0 Å². The van der Waals surface area contributed by atoms with E-state index in [2.05, 4.69) is 43.4 Å². The van der Waals surface area contributed by atoms with E-state index in [9.17, 15) is 0 Å². The minimum Gasteiger partial charge on any atom is -0.379 e. The Hall–Kier alpha value is -0.900. The number of nitrogens with one attached hydrogen (secondary N) is 1. The van der Waals surface area contributed by atoms with Gasteiger partial charge in [0, 0.05) is 6.61 Å². The molecule has 3 nitrogen and oxygen atoms in total. The van der Waals surface area contributed by atoms with Gasteiger partial charge in [-0.25, -0.2) is 0 Å².